The molecule has 0 aliphatic carbocycles. The Morgan fingerprint density at radius 1 is 1.52 bits per heavy atom. The number of aryl methyl sites for hydroxylation is 1. The van der Waals surface area contributed by atoms with Gasteiger partial charge >= 0.3 is 6.18 Å². The lowest BCUT2D eigenvalue weighted by atomic mass is 9.99. The van der Waals surface area contributed by atoms with E-state index in [1.54, 1.807) is 0 Å². The van der Waals surface area contributed by atoms with Gasteiger partial charge in [-0.05, 0) is 5.92 Å². The SMILES string of the molecule is CC[C@H](C)[C@@H](N)C(=O)N(C)Cc1cn(C)nc1C(F)(F)F. The molecule has 0 aliphatic heterocycles. The molecule has 21 heavy (non-hydrogen) atoms. The van der Waals surface area contributed by atoms with Crippen LogP contribution in [0.15, 0.2) is 6.20 Å². The van der Waals surface area contributed by atoms with Gasteiger partial charge in [0.05, 0.1) is 6.04 Å². The summed E-state index contributed by atoms with van der Waals surface area (Å²) in [5.74, 6) is -0.405. The van der Waals surface area contributed by atoms with Gasteiger partial charge in [-0.25, -0.2) is 0 Å². The first-order valence-electron chi connectivity index (χ1n) is 6.68. The summed E-state index contributed by atoms with van der Waals surface area (Å²) in [5, 5.41) is 3.41. The first-order chi connectivity index (χ1) is 9.57. The molecule has 0 saturated heterocycles. The summed E-state index contributed by atoms with van der Waals surface area (Å²) < 4.78 is 39.6. The molecule has 0 aliphatic rings. The molecule has 1 amide bonds. The molecule has 1 rings (SSSR count). The molecule has 1 heterocycles. The van der Waals surface area contributed by atoms with Gasteiger partial charge < -0.3 is 10.6 Å². The van der Waals surface area contributed by atoms with Crippen LogP contribution < -0.4 is 5.73 Å². The topological polar surface area (TPSA) is 64.2 Å². The van der Waals surface area contributed by atoms with Crippen LogP contribution in [0.2, 0.25) is 0 Å². The van der Waals surface area contributed by atoms with Gasteiger partial charge in [-0.15, -0.1) is 0 Å². The highest BCUT2D eigenvalue weighted by molar-refractivity contribution is 5.81. The summed E-state index contributed by atoms with van der Waals surface area (Å²) in [6.07, 6.45) is -2.55. The van der Waals surface area contributed by atoms with Crippen LogP contribution in [0, 0.1) is 5.92 Å². The molecule has 0 saturated carbocycles. The fourth-order valence-corrected chi connectivity index (χ4v) is 1.98. The molecule has 1 aromatic rings. The van der Waals surface area contributed by atoms with Gasteiger partial charge in [0.25, 0.3) is 0 Å². The Hall–Kier alpha value is -1.57. The average Bonchev–Trinajstić information content (AvgIpc) is 2.76. The number of alkyl halides is 3. The number of amides is 1. The van der Waals surface area contributed by atoms with Gasteiger partial charge in [0.15, 0.2) is 5.69 Å². The first kappa shape index (κ1) is 17.5. The third kappa shape index (κ3) is 4.20. The van der Waals surface area contributed by atoms with E-state index < -0.39 is 17.9 Å². The Kier molecular flexibility index (Phi) is 5.38. The summed E-state index contributed by atoms with van der Waals surface area (Å²) in [6, 6.07) is -0.717. The van der Waals surface area contributed by atoms with Crippen molar-refractivity contribution in [3.63, 3.8) is 0 Å². The second-order valence-corrected chi connectivity index (χ2v) is 5.28. The van der Waals surface area contributed by atoms with Crippen LogP contribution in [-0.2, 0) is 24.6 Å². The number of hydrogen-bond acceptors (Lipinski definition) is 3. The largest absolute Gasteiger partial charge is 0.435 e. The second kappa shape index (κ2) is 6.46. The van der Waals surface area contributed by atoms with Gasteiger partial charge in [-0.3, -0.25) is 9.48 Å². The first-order valence-corrected chi connectivity index (χ1v) is 6.68. The van der Waals surface area contributed by atoms with Crippen LogP contribution in [0.3, 0.4) is 0 Å². The van der Waals surface area contributed by atoms with Crippen LogP contribution in [-0.4, -0.2) is 33.7 Å². The molecule has 2 N–H and O–H groups in total. The molecular weight excluding hydrogens is 285 g/mol. The number of halogens is 3. The van der Waals surface area contributed by atoms with E-state index in [-0.39, 0.29) is 23.9 Å². The maximum atomic E-state index is 12.9. The highest BCUT2D eigenvalue weighted by Crippen LogP contribution is 2.31. The number of aromatic nitrogens is 2. The number of carbonyl (C=O) groups excluding carboxylic acids is 1. The minimum absolute atomic E-state index is 0.0315. The lowest BCUT2D eigenvalue weighted by molar-refractivity contribution is -0.143. The van der Waals surface area contributed by atoms with Crippen molar-refractivity contribution in [1.82, 2.24) is 14.7 Å². The van der Waals surface area contributed by atoms with Crippen molar-refractivity contribution in [2.75, 3.05) is 7.05 Å². The van der Waals surface area contributed by atoms with E-state index in [1.807, 2.05) is 13.8 Å². The lowest BCUT2D eigenvalue weighted by Gasteiger charge is -2.24. The molecule has 0 unspecified atom stereocenters. The Bertz CT molecular complexity index is 498. The maximum Gasteiger partial charge on any atom is 0.435 e. The van der Waals surface area contributed by atoms with Gasteiger partial charge in [0.2, 0.25) is 5.91 Å². The van der Waals surface area contributed by atoms with Crippen LogP contribution >= 0.6 is 0 Å². The van der Waals surface area contributed by atoms with E-state index in [4.69, 9.17) is 5.73 Å². The average molecular weight is 306 g/mol. The van der Waals surface area contributed by atoms with E-state index in [0.29, 0.717) is 0 Å². The van der Waals surface area contributed by atoms with Crippen molar-refractivity contribution in [3.05, 3.63) is 17.5 Å². The Labute approximate surface area is 121 Å². The Morgan fingerprint density at radius 2 is 2.10 bits per heavy atom. The highest BCUT2D eigenvalue weighted by Gasteiger charge is 2.37. The number of hydrogen-bond donors (Lipinski definition) is 1. The smallest absolute Gasteiger partial charge is 0.340 e. The minimum Gasteiger partial charge on any atom is -0.340 e. The molecule has 0 radical (unpaired) electrons. The second-order valence-electron chi connectivity index (χ2n) is 5.28. The predicted molar refractivity (Wildman–Crippen MR) is 72.1 cm³/mol. The third-order valence-electron chi connectivity index (χ3n) is 3.50. The monoisotopic (exact) mass is 306 g/mol. The zero-order valence-electron chi connectivity index (χ0n) is 12.6. The molecule has 1 aromatic heterocycles. The fourth-order valence-electron chi connectivity index (χ4n) is 1.98. The van der Waals surface area contributed by atoms with Crippen molar-refractivity contribution < 1.29 is 18.0 Å². The summed E-state index contributed by atoms with van der Waals surface area (Å²) in [5.41, 5.74) is 4.81. The van der Waals surface area contributed by atoms with Gasteiger partial charge in [-0.2, -0.15) is 18.3 Å². The number of likely N-dealkylation sites (N-methyl/N-ethyl adjacent to an activating group) is 1. The number of rotatable bonds is 5. The van der Waals surface area contributed by atoms with Crippen molar-refractivity contribution in [1.29, 1.82) is 0 Å². The molecule has 0 spiro atoms. The quantitative estimate of drug-likeness (QED) is 0.901. The summed E-state index contributed by atoms with van der Waals surface area (Å²) in [4.78, 5) is 13.3. The summed E-state index contributed by atoms with van der Waals surface area (Å²) in [7, 11) is 2.85. The summed E-state index contributed by atoms with van der Waals surface area (Å²) >= 11 is 0. The van der Waals surface area contributed by atoms with Crippen LogP contribution in [0.1, 0.15) is 31.5 Å². The van der Waals surface area contributed by atoms with E-state index in [9.17, 15) is 18.0 Å². The van der Waals surface area contributed by atoms with Gasteiger partial charge in [0, 0.05) is 32.4 Å². The van der Waals surface area contributed by atoms with Crippen LogP contribution in [0.4, 0.5) is 13.2 Å². The zero-order chi connectivity index (χ0) is 16.4. The normalized spacial score (nSPS) is 14.9. The molecule has 8 heteroatoms. The number of nitrogens with zero attached hydrogens (tertiary/aromatic N) is 3. The Morgan fingerprint density at radius 3 is 2.57 bits per heavy atom. The van der Waals surface area contributed by atoms with Gasteiger partial charge in [0.1, 0.15) is 0 Å². The van der Waals surface area contributed by atoms with Crippen LogP contribution in [0.5, 0.6) is 0 Å². The van der Waals surface area contributed by atoms with Crippen molar-refractivity contribution in [2.45, 2.75) is 39.0 Å². The third-order valence-corrected chi connectivity index (χ3v) is 3.50. The molecule has 2 atom stereocenters. The predicted octanol–water partition coefficient (Wildman–Crippen LogP) is 1.77. The van der Waals surface area contributed by atoms with Gasteiger partial charge in [-0.1, -0.05) is 20.3 Å². The van der Waals surface area contributed by atoms with Crippen molar-refractivity contribution >= 4 is 5.91 Å². The van der Waals surface area contributed by atoms with E-state index in [1.165, 1.54) is 25.2 Å². The highest BCUT2D eigenvalue weighted by atomic mass is 19.4. The van der Waals surface area contributed by atoms with Crippen LogP contribution in [0.25, 0.3) is 0 Å². The number of nitrogens with two attached hydrogens (primary N) is 1. The zero-order valence-corrected chi connectivity index (χ0v) is 12.6. The summed E-state index contributed by atoms with van der Waals surface area (Å²) in [6.45, 7) is 3.56. The molecule has 120 valence electrons. The van der Waals surface area contributed by atoms with Crippen molar-refractivity contribution in [2.24, 2.45) is 18.7 Å². The van der Waals surface area contributed by atoms with E-state index in [2.05, 4.69) is 5.10 Å². The molecular formula is C13H21F3N4O. The number of carbonyl (C=O) groups is 1. The standard InChI is InChI=1S/C13H21F3N4O/c1-5-8(2)10(17)12(21)19(3)6-9-7-20(4)18-11(9)13(14,15)16/h7-8,10H,5-6,17H2,1-4H3/t8-,10+/m0/s1. The van der Waals surface area contributed by atoms with E-state index >= 15 is 0 Å². The molecule has 5 nitrogen and oxygen atoms in total. The minimum atomic E-state index is -4.54. The van der Waals surface area contributed by atoms with E-state index in [0.717, 1.165) is 11.1 Å². The molecule has 0 aromatic carbocycles. The lowest BCUT2D eigenvalue weighted by Crippen LogP contribution is -2.45. The molecule has 0 bridgehead atoms. The van der Waals surface area contributed by atoms with Crippen molar-refractivity contribution in [3.8, 4) is 0 Å². The molecule has 0 fully saturated rings. The Balaban J connectivity index is 2.89. The maximum absolute atomic E-state index is 12.9. The fraction of sp³-hybridized carbons (Fsp3) is 0.692.